The van der Waals surface area contributed by atoms with Crippen molar-refractivity contribution in [2.45, 2.75) is 13.5 Å². The molecule has 0 aromatic heterocycles. The standard InChI is InChI=1S/C15H16BrNO/c1-11-7-8-13(16)14(9-11)17-10-12-5-3-4-6-15(12)18-2/h3-9,17H,10H2,1-2H3. The third-order valence-electron chi connectivity index (χ3n) is 2.78. The number of nitrogens with one attached hydrogen (secondary N) is 1. The highest BCUT2D eigenvalue weighted by Crippen LogP contribution is 2.25. The summed E-state index contributed by atoms with van der Waals surface area (Å²) in [4.78, 5) is 0. The molecule has 3 heteroatoms. The van der Waals surface area contributed by atoms with E-state index in [9.17, 15) is 0 Å². The maximum absolute atomic E-state index is 5.34. The average Bonchev–Trinajstić information content (AvgIpc) is 2.40. The summed E-state index contributed by atoms with van der Waals surface area (Å²) in [7, 11) is 1.70. The molecule has 0 aliphatic heterocycles. The van der Waals surface area contributed by atoms with Gasteiger partial charge in [-0.1, -0.05) is 24.3 Å². The van der Waals surface area contributed by atoms with Gasteiger partial charge in [0.2, 0.25) is 0 Å². The first kappa shape index (κ1) is 13.0. The van der Waals surface area contributed by atoms with Gasteiger partial charge in [-0.2, -0.15) is 0 Å². The molecule has 2 aromatic rings. The second-order valence-electron chi connectivity index (χ2n) is 4.15. The fourth-order valence-electron chi connectivity index (χ4n) is 1.81. The molecule has 2 rings (SSSR count). The SMILES string of the molecule is COc1ccccc1CNc1cc(C)ccc1Br. The molecule has 2 aromatic carbocycles. The smallest absolute Gasteiger partial charge is 0.123 e. The van der Waals surface area contributed by atoms with Crippen molar-refractivity contribution in [2.24, 2.45) is 0 Å². The number of aryl methyl sites for hydroxylation is 1. The Hall–Kier alpha value is -1.48. The van der Waals surface area contributed by atoms with Crippen molar-refractivity contribution in [3.8, 4) is 5.75 Å². The lowest BCUT2D eigenvalue weighted by molar-refractivity contribution is 0.410. The molecule has 0 aliphatic carbocycles. The van der Waals surface area contributed by atoms with Crippen LogP contribution in [0.15, 0.2) is 46.9 Å². The minimum absolute atomic E-state index is 0.742. The van der Waals surface area contributed by atoms with E-state index in [0.29, 0.717) is 0 Å². The van der Waals surface area contributed by atoms with Gasteiger partial charge in [0.05, 0.1) is 7.11 Å². The molecule has 0 bridgehead atoms. The van der Waals surface area contributed by atoms with E-state index in [0.717, 1.165) is 28.0 Å². The van der Waals surface area contributed by atoms with Gasteiger partial charge in [-0.15, -0.1) is 0 Å². The molecule has 18 heavy (non-hydrogen) atoms. The average molecular weight is 306 g/mol. The lowest BCUT2D eigenvalue weighted by atomic mass is 10.2. The molecule has 0 amide bonds. The number of hydrogen-bond donors (Lipinski definition) is 1. The zero-order chi connectivity index (χ0) is 13.0. The normalized spacial score (nSPS) is 10.2. The first-order valence-corrected chi connectivity index (χ1v) is 6.62. The largest absolute Gasteiger partial charge is 0.496 e. The quantitative estimate of drug-likeness (QED) is 0.905. The zero-order valence-electron chi connectivity index (χ0n) is 10.5. The van der Waals surface area contributed by atoms with Crippen LogP contribution in [0.25, 0.3) is 0 Å². The maximum Gasteiger partial charge on any atom is 0.123 e. The van der Waals surface area contributed by atoms with Gasteiger partial charge in [0.25, 0.3) is 0 Å². The molecule has 2 nitrogen and oxygen atoms in total. The van der Waals surface area contributed by atoms with Gasteiger partial charge in [0.15, 0.2) is 0 Å². The third kappa shape index (κ3) is 3.05. The summed E-state index contributed by atoms with van der Waals surface area (Å²) >= 11 is 3.55. The molecular weight excluding hydrogens is 290 g/mol. The highest BCUT2D eigenvalue weighted by Gasteiger charge is 2.03. The van der Waals surface area contributed by atoms with Crippen molar-refractivity contribution >= 4 is 21.6 Å². The molecule has 0 radical (unpaired) electrons. The molecule has 0 saturated heterocycles. The van der Waals surface area contributed by atoms with E-state index >= 15 is 0 Å². The van der Waals surface area contributed by atoms with Crippen LogP contribution >= 0.6 is 15.9 Å². The number of hydrogen-bond acceptors (Lipinski definition) is 2. The van der Waals surface area contributed by atoms with Crippen molar-refractivity contribution in [3.05, 3.63) is 58.1 Å². The summed E-state index contributed by atoms with van der Waals surface area (Å²) in [6.07, 6.45) is 0. The molecule has 94 valence electrons. The van der Waals surface area contributed by atoms with Gasteiger partial charge in [-0.25, -0.2) is 0 Å². The minimum Gasteiger partial charge on any atom is -0.496 e. The Balaban J connectivity index is 2.14. The molecule has 0 fully saturated rings. The van der Waals surface area contributed by atoms with Crippen LogP contribution < -0.4 is 10.1 Å². The molecule has 1 N–H and O–H groups in total. The van der Waals surface area contributed by atoms with Gasteiger partial charge >= 0.3 is 0 Å². The van der Waals surface area contributed by atoms with Crippen molar-refractivity contribution in [1.29, 1.82) is 0 Å². The summed E-state index contributed by atoms with van der Waals surface area (Å²) in [6, 6.07) is 14.3. The molecule has 0 spiro atoms. The Morgan fingerprint density at radius 1 is 1.17 bits per heavy atom. The Bertz CT molecular complexity index is 540. The molecule has 0 atom stereocenters. The van der Waals surface area contributed by atoms with Crippen LogP contribution in [0.2, 0.25) is 0 Å². The van der Waals surface area contributed by atoms with Crippen molar-refractivity contribution < 1.29 is 4.74 Å². The lowest BCUT2D eigenvalue weighted by Crippen LogP contribution is -2.02. The summed E-state index contributed by atoms with van der Waals surface area (Å²) in [5.74, 6) is 0.911. The Labute approximate surface area is 116 Å². The fraction of sp³-hybridized carbons (Fsp3) is 0.200. The second kappa shape index (κ2) is 5.91. The predicted molar refractivity (Wildman–Crippen MR) is 79.2 cm³/mol. The molecule has 0 aliphatic rings. The van der Waals surface area contributed by atoms with Gasteiger partial charge in [-0.05, 0) is 46.6 Å². The Morgan fingerprint density at radius 2 is 1.94 bits per heavy atom. The first-order chi connectivity index (χ1) is 8.70. The van der Waals surface area contributed by atoms with E-state index in [-0.39, 0.29) is 0 Å². The van der Waals surface area contributed by atoms with E-state index in [1.165, 1.54) is 5.56 Å². The topological polar surface area (TPSA) is 21.3 Å². The molecule has 0 unspecified atom stereocenters. The fourth-order valence-corrected chi connectivity index (χ4v) is 2.20. The number of rotatable bonds is 4. The lowest BCUT2D eigenvalue weighted by Gasteiger charge is -2.12. The number of benzene rings is 2. The summed E-state index contributed by atoms with van der Waals surface area (Å²) in [5.41, 5.74) is 3.48. The van der Waals surface area contributed by atoms with Gasteiger partial charge in [0, 0.05) is 22.3 Å². The van der Waals surface area contributed by atoms with Crippen LogP contribution in [-0.4, -0.2) is 7.11 Å². The Morgan fingerprint density at radius 3 is 2.72 bits per heavy atom. The van der Waals surface area contributed by atoms with Crippen LogP contribution in [0, 0.1) is 6.92 Å². The van der Waals surface area contributed by atoms with Crippen LogP contribution in [-0.2, 0) is 6.54 Å². The van der Waals surface area contributed by atoms with Crippen LogP contribution in [0.4, 0.5) is 5.69 Å². The third-order valence-corrected chi connectivity index (χ3v) is 3.48. The van der Waals surface area contributed by atoms with E-state index in [1.54, 1.807) is 7.11 Å². The highest BCUT2D eigenvalue weighted by atomic mass is 79.9. The monoisotopic (exact) mass is 305 g/mol. The van der Waals surface area contributed by atoms with Gasteiger partial charge in [-0.3, -0.25) is 0 Å². The zero-order valence-corrected chi connectivity index (χ0v) is 12.1. The predicted octanol–water partition coefficient (Wildman–Crippen LogP) is 4.38. The van der Waals surface area contributed by atoms with Crippen LogP contribution in [0.5, 0.6) is 5.75 Å². The first-order valence-electron chi connectivity index (χ1n) is 5.82. The number of ether oxygens (including phenoxy) is 1. The number of methoxy groups -OCH3 is 1. The number of anilines is 1. The number of para-hydroxylation sites is 1. The van der Waals surface area contributed by atoms with Crippen LogP contribution in [0.3, 0.4) is 0 Å². The van der Waals surface area contributed by atoms with Crippen molar-refractivity contribution in [1.82, 2.24) is 0 Å². The van der Waals surface area contributed by atoms with Crippen LogP contribution in [0.1, 0.15) is 11.1 Å². The highest BCUT2D eigenvalue weighted by molar-refractivity contribution is 9.10. The van der Waals surface area contributed by atoms with Crippen molar-refractivity contribution in [3.63, 3.8) is 0 Å². The van der Waals surface area contributed by atoms with E-state index in [4.69, 9.17) is 4.74 Å². The molecule has 0 saturated carbocycles. The van der Waals surface area contributed by atoms with E-state index < -0.39 is 0 Å². The minimum atomic E-state index is 0.742. The van der Waals surface area contributed by atoms with Crippen molar-refractivity contribution in [2.75, 3.05) is 12.4 Å². The second-order valence-corrected chi connectivity index (χ2v) is 5.00. The maximum atomic E-state index is 5.34. The van der Waals surface area contributed by atoms with E-state index in [2.05, 4.69) is 52.4 Å². The van der Waals surface area contributed by atoms with Gasteiger partial charge in [0.1, 0.15) is 5.75 Å². The number of halogens is 1. The Kier molecular flexibility index (Phi) is 4.26. The summed E-state index contributed by atoms with van der Waals surface area (Å²) in [6.45, 7) is 2.83. The molecular formula is C15H16BrNO. The summed E-state index contributed by atoms with van der Waals surface area (Å²) < 4.78 is 6.41. The summed E-state index contributed by atoms with van der Waals surface area (Å²) in [5, 5.41) is 3.42. The molecule has 0 heterocycles. The van der Waals surface area contributed by atoms with E-state index in [1.807, 2.05) is 18.2 Å². The van der Waals surface area contributed by atoms with Gasteiger partial charge < -0.3 is 10.1 Å².